The lowest BCUT2D eigenvalue weighted by molar-refractivity contribution is -0.138. The minimum Gasteiger partial charge on any atom is -0.371 e. The van der Waals surface area contributed by atoms with Crippen molar-refractivity contribution in [2.45, 2.75) is 58.5 Å². The number of hydrogen-bond donors (Lipinski definition) is 0. The molecule has 4 nitrogen and oxygen atoms in total. The molecule has 0 aromatic carbocycles. The molecule has 2 unspecified atom stereocenters. The summed E-state index contributed by atoms with van der Waals surface area (Å²) in [6.45, 7) is 8.43. The van der Waals surface area contributed by atoms with Crippen LogP contribution < -0.4 is 4.90 Å². The molecule has 2 aliphatic rings. The fourth-order valence-electron chi connectivity index (χ4n) is 4.03. The molecule has 2 saturated heterocycles. The van der Waals surface area contributed by atoms with Crippen molar-refractivity contribution in [3.8, 4) is 0 Å². The first-order valence-electron chi connectivity index (χ1n) is 8.55. The number of piperidine rings is 1. The first-order valence-corrected chi connectivity index (χ1v) is 8.55. The number of pyridine rings is 1. The van der Waals surface area contributed by atoms with E-state index in [0.717, 1.165) is 38.8 Å². The Morgan fingerprint density at radius 1 is 1.14 bits per heavy atom. The van der Waals surface area contributed by atoms with Gasteiger partial charge in [0, 0.05) is 49.2 Å². The summed E-state index contributed by atoms with van der Waals surface area (Å²) in [5.74, 6) is 0.602. The number of amides is 1. The number of carbonyl (C=O) groups is 1. The van der Waals surface area contributed by atoms with E-state index in [1.165, 1.54) is 11.3 Å². The molecular formula is C18H27N3O. The second-order valence-electron chi connectivity index (χ2n) is 6.94. The van der Waals surface area contributed by atoms with Gasteiger partial charge in [0.2, 0.25) is 5.91 Å². The first kappa shape index (κ1) is 15.3. The number of likely N-dealkylation sites (tertiary alicyclic amines) is 1. The van der Waals surface area contributed by atoms with E-state index >= 15 is 0 Å². The van der Waals surface area contributed by atoms with Crippen LogP contribution in [0.25, 0.3) is 0 Å². The third-order valence-electron chi connectivity index (χ3n) is 5.38. The summed E-state index contributed by atoms with van der Waals surface area (Å²) in [5, 5.41) is 0. The third kappa shape index (κ3) is 2.83. The number of nitrogens with zero attached hydrogens (tertiary/aromatic N) is 3. The van der Waals surface area contributed by atoms with Crippen LogP contribution in [0.5, 0.6) is 0 Å². The summed E-state index contributed by atoms with van der Waals surface area (Å²) in [6.07, 6.45) is 8.02. The third-order valence-corrected chi connectivity index (χ3v) is 5.38. The van der Waals surface area contributed by atoms with Gasteiger partial charge < -0.3 is 9.80 Å². The Kier molecular flexibility index (Phi) is 4.37. The van der Waals surface area contributed by atoms with Gasteiger partial charge in [0.15, 0.2) is 0 Å². The predicted octanol–water partition coefficient (Wildman–Crippen LogP) is 3.01. The molecule has 2 fully saturated rings. The van der Waals surface area contributed by atoms with Crippen molar-refractivity contribution >= 4 is 11.6 Å². The lowest BCUT2D eigenvalue weighted by Crippen LogP contribution is -2.46. The second kappa shape index (κ2) is 6.27. The van der Waals surface area contributed by atoms with E-state index in [9.17, 15) is 4.79 Å². The minimum atomic E-state index is 0.210. The van der Waals surface area contributed by atoms with Gasteiger partial charge in [-0.2, -0.15) is 0 Å². The van der Waals surface area contributed by atoms with Gasteiger partial charge in [-0.3, -0.25) is 9.78 Å². The quantitative estimate of drug-likeness (QED) is 0.842. The Balaban J connectivity index is 1.62. The molecule has 0 radical (unpaired) electrons. The molecule has 1 amide bonds. The zero-order valence-electron chi connectivity index (χ0n) is 14.0. The van der Waals surface area contributed by atoms with Gasteiger partial charge in [0.25, 0.3) is 0 Å². The molecule has 0 aliphatic carbocycles. The lowest BCUT2D eigenvalue weighted by atomic mass is 9.94. The molecule has 1 aromatic heterocycles. The van der Waals surface area contributed by atoms with Crippen LogP contribution >= 0.6 is 0 Å². The Labute approximate surface area is 133 Å². The molecule has 0 spiro atoms. The fourth-order valence-corrected chi connectivity index (χ4v) is 4.03. The predicted molar refractivity (Wildman–Crippen MR) is 88.9 cm³/mol. The molecule has 3 rings (SSSR count). The molecule has 0 N–H and O–H groups in total. The van der Waals surface area contributed by atoms with Crippen LogP contribution in [0.15, 0.2) is 18.5 Å². The van der Waals surface area contributed by atoms with Gasteiger partial charge in [-0.15, -0.1) is 0 Å². The van der Waals surface area contributed by atoms with Gasteiger partial charge in [-0.25, -0.2) is 0 Å². The summed E-state index contributed by atoms with van der Waals surface area (Å²) < 4.78 is 0. The van der Waals surface area contributed by atoms with Crippen molar-refractivity contribution in [2.24, 2.45) is 5.92 Å². The highest BCUT2D eigenvalue weighted by Crippen LogP contribution is 2.30. The first-order chi connectivity index (χ1) is 10.6. The smallest absolute Gasteiger partial charge is 0.226 e. The molecule has 22 heavy (non-hydrogen) atoms. The number of aryl methyl sites for hydroxylation is 1. The monoisotopic (exact) mass is 301 g/mol. The SMILES string of the molecule is Cc1cnccc1N1CCC(C(=O)N2C(C)CCC2C)CC1. The molecule has 4 heteroatoms. The lowest BCUT2D eigenvalue weighted by Gasteiger charge is -2.37. The van der Waals surface area contributed by atoms with Crippen molar-refractivity contribution < 1.29 is 4.79 Å². The summed E-state index contributed by atoms with van der Waals surface area (Å²) in [4.78, 5) is 21.5. The highest BCUT2D eigenvalue weighted by Gasteiger charge is 2.36. The number of hydrogen-bond acceptors (Lipinski definition) is 3. The van der Waals surface area contributed by atoms with Crippen LogP contribution in [0.1, 0.15) is 45.1 Å². The van der Waals surface area contributed by atoms with Gasteiger partial charge in [-0.1, -0.05) is 0 Å². The summed E-state index contributed by atoms with van der Waals surface area (Å²) in [6, 6.07) is 2.92. The van der Waals surface area contributed by atoms with Gasteiger partial charge in [-0.05, 0) is 58.1 Å². The van der Waals surface area contributed by atoms with E-state index in [1.54, 1.807) is 0 Å². The van der Waals surface area contributed by atoms with E-state index in [2.05, 4.69) is 41.6 Å². The zero-order valence-corrected chi connectivity index (χ0v) is 14.0. The fraction of sp³-hybridized carbons (Fsp3) is 0.667. The Morgan fingerprint density at radius 3 is 2.36 bits per heavy atom. The maximum atomic E-state index is 12.8. The van der Waals surface area contributed by atoms with Crippen LogP contribution in [-0.2, 0) is 4.79 Å². The van der Waals surface area contributed by atoms with Crippen LogP contribution in [0.4, 0.5) is 5.69 Å². The Bertz CT molecular complexity index is 527. The van der Waals surface area contributed by atoms with Gasteiger partial charge in [0.05, 0.1) is 0 Å². The van der Waals surface area contributed by atoms with Crippen LogP contribution in [0, 0.1) is 12.8 Å². The van der Waals surface area contributed by atoms with Crippen molar-refractivity contribution in [1.82, 2.24) is 9.88 Å². The Morgan fingerprint density at radius 2 is 1.77 bits per heavy atom. The second-order valence-corrected chi connectivity index (χ2v) is 6.94. The standard InChI is InChI=1S/C18H27N3O/c1-13-12-19-9-6-17(13)20-10-7-16(8-11-20)18(22)21-14(2)4-5-15(21)3/h6,9,12,14-16H,4-5,7-8,10-11H2,1-3H3. The molecule has 0 saturated carbocycles. The summed E-state index contributed by atoms with van der Waals surface area (Å²) in [7, 11) is 0. The summed E-state index contributed by atoms with van der Waals surface area (Å²) >= 11 is 0. The zero-order chi connectivity index (χ0) is 15.7. The number of rotatable bonds is 2. The van der Waals surface area contributed by atoms with Gasteiger partial charge in [0.1, 0.15) is 0 Å². The van der Waals surface area contributed by atoms with Crippen molar-refractivity contribution in [2.75, 3.05) is 18.0 Å². The van der Waals surface area contributed by atoms with Crippen LogP contribution in [0.2, 0.25) is 0 Å². The molecular weight excluding hydrogens is 274 g/mol. The van der Waals surface area contributed by atoms with Crippen LogP contribution in [-0.4, -0.2) is 41.0 Å². The van der Waals surface area contributed by atoms with E-state index < -0.39 is 0 Å². The minimum absolute atomic E-state index is 0.210. The van der Waals surface area contributed by atoms with Crippen molar-refractivity contribution in [1.29, 1.82) is 0 Å². The van der Waals surface area contributed by atoms with E-state index in [0.29, 0.717) is 18.0 Å². The maximum Gasteiger partial charge on any atom is 0.226 e. The topological polar surface area (TPSA) is 36.4 Å². The highest BCUT2D eigenvalue weighted by atomic mass is 16.2. The van der Waals surface area contributed by atoms with Crippen molar-refractivity contribution in [3.63, 3.8) is 0 Å². The van der Waals surface area contributed by atoms with Crippen molar-refractivity contribution in [3.05, 3.63) is 24.0 Å². The molecule has 2 atom stereocenters. The molecule has 0 bridgehead atoms. The molecule has 3 heterocycles. The molecule has 120 valence electrons. The number of anilines is 1. The van der Waals surface area contributed by atoms with Gasteiger partial charge >= 0.3 is 0 Å². The molecule has 2 aliphatic heterocycles. The molecule has 1 aromatic rings. The summed E-state index contributed by atoms with van der Waals surface area (Å²) in [5.41, 5.74) is 2.48. The van der Waals surface area contributed by atoms with E-state index in [1.807, 2.05) is 12.4 Å². The van der Waals surface area contributed by atoms with E-state index in [4.69, 9.17) is 0 Å². The maximum absolute atomic E-state index is 12.8. The average Bonchev–Trinajstić information content (AvgIpc) is 2.86. The average molecular weight is 301 g/mol. The van der Waals surface area contributed by atoms with Crippen LogP contribution in [0.3, 0.4) is 0 Å². The largest absolute Gasteiger partial charge is 0.371 e. The highest BCUT2D eigenvalue weighted by molar-refractivity contribution is 5.80. The normalized spacial score (nSPS) is 26.5. The van der Waals surface area contributed by atoms with E-state index in [-0.39, 0.29) is 5.92 Å². The number of aromatic nitrogens is 1. The number of carbonyl (C=O) groups excluding carboxylic acids is 1. The Hall–Kier alpha value is -1.58.